The van der Waals surface area contributed by atoms with E-state index >= 15 is 0 Å². The molecule has 0 aromatic rings. The highest BCUT2D eigenvalue weighted by molar-refractivity contribution is 5.91. The van der Waals surface area contributed by atoms with Crippen LogP contribution >= 0.6 is 0 Å². The molecule has 0 aromatic carbocycles. The van der Waals surface area contributed by atoms with Crippen LogP contribution in [0.5, 0.6) is 0 Å². The van der Waals surface area contributed by atoms with Crippen LogP contribution in [0.25, 0.3) is 0 Å². The maximum Gasteiger partial charge on any atom is 0.317 e. The Balaban J connectivity index is 1.25. The summed E-state index contributed by atoms with van der Waals surface area (Å²) >= 11 is 0. The van der Waals surface area contributed by atoms with Crippen molar-refractivity contribution in [3.8, 4) is 0 Å². The molecule has 258 valence electrons. The average molecular weight is 631 g/mol. The van der Waals surface area contributed by atoms with Gasteiger partial charge in [-0.15, -0.1) is 0 Å². The predicted octanol–water partition coefficient (Wildman–Crippen LogP) is 8.81. The van der Waals surface area contributed by atoms with Gasteiger partial charge in [0, 0.05) is 5.41 Å². The highest BCUT2D eigenvalue weighted by Crippen LogP contribution is 2.76. The summed E-state index contributed by atoms with van der Waals surface area (Å²) < 4.78 is 18.2. The van der Waals surface area contributed by atoms with Crippen LogP contribution in [0.15, 0.2) is 0 Å². The summed E-state index contributed by atoms with van der Waals surface area (Å²) in [6.07, 6.45) is 14.9. The van der Waals surface area contributed by atoms with Gasteiger partial charge in [-0.25, -0.2) is 0 Å². The zero-order valence-electron chi connectivity index (χ0n) is 30.3. The summed E-state index contributed by atoms with van der Waals surface area (Å²) in [6.45, 7) is 21.1. The summed E-state index contributed by atoms with van der Waals surface area (Å²) in [5.74, 6) is 1.42. The normalized spacial score (nSPS) is 44.0. The Kier molecular flexibility index (Phi) is 9.68. The van der Waals surface area contributed by atoms with Gasteiger partial charge in [-0.1, -0.05) is 60.8 Å². The summed E-state index contributed by atoms with van der Waals surface area (Å²) in [4.78, 5) is 25.3. The standard InChI is InChI=1S/C39H66O6/c1-10-11-12-13-24-43-32(40)25-33(41)44-30-18-20-36(6)28(34(30,2)3)17-22-38(8)29(36)15-14-26-27(16-21-37(26,38)7)39(9)23-19-31(45-39)35(4,5)42/h26-31,42H,10-25H2,1-9H3/t26-,27+,28+,29-,30-,31-,36+,37-,38-,39+/m1/s1. The van der Waals surface area contributed by atoms with E-state index in [1.54, 1.807) is 0 Å². The van der Waals surface area contributed by atoms with Crippen LogP contribution in [0.4, 0.5) is 0 Å². The number of fused-ring (bicyclic) bond motifs is 5. The number of unbranched alkanes of at least 4 members (excludes halogenated alkanes) is 3. The first-order chi connectivity index (χ1) is 20.9. The maximum atomic E-state index is 12.9. The number of esters is 2. The van der Waals surface area contributed by atoms with Crippen LogP contribution in [0, 0.1) is 45.3 Å². The molecule has 10 atom stereocenters. The molecule has 0 unspecified atom stereocenters. The summed E-state index contributed by atoms with van der Waals surface area (Å²) in [6, 6.07) is 0. The monoisotopic (exact) mass is 630 g/mol. The molecule has 1 heterocycles. The second kappa shape index (κ2) is 12.4. The number of carbonyl (C=O) groups is 2. The first kappa shape index (κ1) is 35.2. The van der Waals surface area contributed by atoms with E-state index < -0.39 is 17.5 Å². The first-order valence-corrected chi connectivity index (χ1v) is 18.7. The van der Waals surface area contributed by atoms with E-state index in [0.29, 0.717) is 30.3 Å². The van der Waals surface area contributed by atoms with Gasteiger partial charge in [0.1, 0.15) is 12.5 Å². The summed E-state index contributed by atoms with van der Waals surface area (Å²) in [5.41, 5.74) is -0.362. The molecule has 5 fully saturated rings. The molecule has 0 spiro atoms. The molecule has 4 saturated carbocycles. The van der Waals surface area contributed by atoms with Gasteiger partial charge < -0.3 is 19.3 Å². The smallest absolute Gasteiger partial charge is 0.317 e. The Hall–Kier alpha value is -1.14. The van der Waals surface area contributed by atoms with Gasteiger partial charge in [-0.2, -0.15) is 0 Å². The minimum absolute atomic E-state index is 0.0802. The fourth-order valence-electron chi connectivity index (χ4n) is 12.4. The molecule has 45 heavy (non-hydrogen) atoms. The third kappa shape index (κ3) is 6.04. The number of ether oxygens (including phenoxy) is 3. The third-order valence-electron chi connectivity index (χ3n) is 15.0. The Bertz CT molecular complexity index is 1090. The molecule has 5 rings (SSSR count). The Labute approximate surface area is 274 Å². The predicted molar refractivity (Wildman–Crippen MR) is 177 cm³/mol. The van der Waals surface area contributed by atoms with E-state index in [0.717, 1.165) is 57.8 Å². The molecular weight excluding hydrogens is 564 g/mol. The zero-order valence-corrected chi connectivity index (χ0v) is 30.3. The molecule has 1 aliphatic heterocycles. The molecule has 0 amide bonds. The minimum atomic E-state index is -0.798. The van der Waals surface area contributed by atoms with E-state index in [1.165, 1.54) is 32.1 Å². The maximum absolute atomic E-state index is 12.9. The molecule has 1 N–H and O–H groups in total. The topological polar surface area (TPSA) is 82.1 Å². The third-order valence-corrected chi connectivity index (χ3v) is 15.0. The summed E-state index contributed by atoms with van der Waals surface area (Å²) in [5, 5.41) is 10.7. The van der Waals surface area contributed by atoms with Crippen molar-refractivity contribution in [1.29, 1.82) is 0 Å². The fraction of sp³-hybridized carbons (Fsp3) is 0.949. The van der Waals surface area contributed by atoms with Crippen LogP contribution in [0.2, 0.25) is 0 Å². The first-order valence-electron chi connectivity index (χ1n) is 18.7. The molecule has 1 saturated heterocycles. The van der Waals surface area contributed by atoms with Gasteiger partial charge in [0.15, 0.2) is 0 Å². The molecule has 6 heteroatoms. The van der Waals surface area contributed by atoms with E-state index in [4.69, 9.17) is 14.2 Å². The van der Waals surface area contributed by atoms with E-state index in [1.807, 2.05) is 13.8 Å². The van der Waals surface area contributed by atoms with E-state index in [-0.39, 0.29) is 45.9 Å². The lowest BCUT2D eigenvalue weighted by Gasteiger charge is -2.70. The number of aliphatic hydroxyl groups is 1. The number of hydrogen-bond acceptors (Lipinski definition) is 6. The van der Waals surface area contributed by atoms with Gasteiger partial charge in [0.2, 0.25) is 0 Å². The van der Waals surface area contributed by atoms with Gasteiger partial charge >= 0.3 is 11.9 Å². The molecule has 0 bridgehead atoms. The van der Waals surface area contributed by atoms with Gasteiger partial charge in [-0.3, -0.25) is 9.59 Å². The van der Waals surface area contributed by atoms with Crippen LogP contribution in [-0.4, -0.2) is 47.1 Å². The number of rotatable bonds is 10. The van der Waals surface area contributed by atoms with Crippen molar-refractivity contribution in [2.75, 3.05) is 6.61 Å². The second-order valence-corrected chi connectivity index (χ2v) is 18.2. The van der Waals surface area contributed by atoms with Crippen molar-refractivity contribution >= 4 is 11.9 Å². The molecule has 5 aliphatic rings. The molecular formula is C39H66O6. The minimum Gasteiger partial charge on any atom is -0.465 e. The lowest BCUT2D eigenvalue weighted by molar-refractivity contribution is -0.232. The zero-order chi connectivity index (χ0) is 33.1. The molecule has 0 radical (unpaired) electrons. The summed E-state index contributed by atoms with van der Waals surface area (Å²) in [7, 11) is 0. The molecule has 6 nitrogen and oxygen atoms in total. The highest BCUT2D eigenvalue weighted by atomic mass is 16.6. The Morgan fingerprint density at radius 3 is 2.16 bits per heavy atom. The van der Waals surface area contributed by atoms with Crippen LogP contribution in [0.3, 0.4) is 0 Å². The SMILES string of the molecule is CCCCCCOC(=O)CC(=O)O[C@@H]1CC[C@]2(C)[C@H]3CC[C@@H]4[C@@H]([C@]5(C)CC[C@H](C(C)(C)O)O5)CC[C@@]4(C)[C@]3(C)CC[C@H]2C1(C)C. The fourth-order valence-corrected chi connectivity index (χ4v) is 12.4. The van der Waals surface area contributed by atoms with Crippen LogP contribution in [0.1, 0.15) is 159 Å². The van der Waals surface area contributed by atoms with Crippen molar-refractivity contribution < 1.29 is 28.9 Å². The largest absolute Gasteiger partial charge is 0.465 e. The van der Waals surface area contributed by atoms with Gasteiger partial charge in [0.05, 0.1) is 23.9 Å². The van der Waals surface area contributed by atoms with Crippen molar-refractivity contribution in [1.82, 2.24) is 0 Å². The quantitative estimate of drug-likeness (QED) is 0.148. The van der Waals surface area contributed by atoms with Crippen LogP contribution < -0.4 is 0 Å². The van der Waals surface area contributed by atoms with Crippen molar-refractivity contribution in [2.45, 2.75) is 182 Å². The van der Waals surface area contributed by atoms with Crippen molar-refractivity contribution in [2.24, 2.45) is 45.3 Å². The van der Waals surface area contributed by atoms with Gasteiger partial charge in [0.25, 0.3) is 0 Å². The van der Waals surface area contributed by atoms with Crippen molar-refractivity contribution in [3.63, 3.8) is 0 Å². The second-order valence-electron chi connectivity index (χ2n) is 18.2. The molecule has 4 aliphatic carbocycles. The van der Waals surface area contributed by atoms with Gasteiger partial charge in [-0.05, 0) is 131 Å². The number of hydrogen-bond donors (Lipinski definition) is 1. The van der Waals surface area contributed by atoms with Crippen molar-refractivity contribution in [3.05, 3.63) is 0 Å². The Morgan fingerprint density at radius 2 is 1.49 bits per heavy atom. The van der Waals surface area contributed by atoms with E-state index in [9.17, 15) is 14.7 Å². The average Bonchev–Trinajstić information content (AvgIpc) is 3.52. The highest BCUT2D eigenvalue weighted by Gasteiger charge is 2.70. The molecule has 0 aromatic heterocycles. The van der Waals surface area contributed by atoms with Crippen LogP contribution in [-0.2, 0) is 23.8 Å². The lowest BCUT2D eigenvalue weighted by atomic mass is 9.35. The van der Waals surface area contributed by atoms with E-state index in [2.05, 4.69) is 48.5 Å². The lowest BCUT2D eigenvalue weighted by Crippen LogP contribution is -2.64. The number of carbonyl (C=O) groups excluding carboxylic acids is 2. The Morgan fingerprint density at radius 1 is 0.778 bits per heavy atom.